The van der Waals surface area contributed by atoms with Crippen molar-refractivity contribution in [2.75, 3.05) is 19.6 Å². The highest BCUT2D eigenvalue weighted by atomic mass is 16.1. The van der Waals surface area contributed by atoms with Crippen LogP contribution in [-0.4, -0.2) is 35.7 Å². The maximum atomic E-state index is 12.0. The molecule has 0 fully saturated rings. The molecular formula is C12H18N4O. The second-order valence-corrected chi connectivity index (χ2v) is 4.31. The first-order valence-corrected chi connectivity index (χ1v) is 5.87. The first kappa shape index (κ1) is 11.9. The molecule has 1 aromatic rings. The molecule has 0 atom stereocenters. The Morgan fingerprint density at radius 2 is 2.35 bits per heavy atom. The summed E-state index contributed by atoms with van der Waals surface area (Å²) in [6.07, 6.45) is 3.14. The maximum absolute atomic E-state index is 12.0. The summed E-state index contributed by atoms with van der Waals surface area (Å²) in [5, 5.41) is 13.0. The van der Waals surface area contributed by atoms with E-state index in [1.165, 1.54) is 5.57 Å². The van der Waals surface area contributed by atoms with Crippen molar-refractivity contribution in [3.63, 3.8) is 0 Å². The topological polar surface area (TPSA) is 69.8 Å². The Labute approximate surface area is 101 Å². The molecule has 92 valence electrons. The van der Waals surface area contributed by atoms with Gasteiger partial charge in [0.2, 0.25) is 0 Å². The molecule has 1 amide bonds. The van der Waals surface area contributed by atoms with Gasteiger partial charge in [-0.25, -0.2) is 0 Å². The van der Waals surface area contributed by atoms with E-state index in [9.17, 15) is 4.79 Å². The second-order valence-electron chi connectivity index (χ2n) is 4.31. The van der Waals surface area contributed by atoms with Crippen molar-refractivity contribution in [3.05, 3.63) is 28.6 Å². The smallest absolute Gasteiger partial charge is 0.255 e. The molecule has 0 unspecified atom stereocenters. The summed E-state index contributed by atoms with van der Waals surface area (Å²) in [6, 6.07) is 0. The zero-order valence-electron chi connectivity index (χ0n) is 10.3. The van der Waals surface area contributed by atoms with Gasteiger partial charge in [-0.1, -0.05) is 11.6 Å². The number of aromatic nitrogens is 2. The van der Waals surface area contributed by atoms with E-state index >= 15 is 0 Å². The van der Waals surface area contributed by atoms with Gasteiger partial charge < -0.3 is 10.6 Å². The lowest BCUT2D eigenvalue weighted by Gasteiger charge is -2.14. The number of hydrogen-bond donors (Lipinski definition) is 3. The number of rotatable bonds is 3. The largest absolute Gasteiger partial charge is 0.348 e. The van der Waals surface area contributed by atoms with Crippen LogP contribution < -0.4 is 10.6 Å². The van der Waals surface area contributed by atoms with Crippen LogP contribution in [0.25, 0.3) is 0 Å². The van der Waals surface area contributed by atoms with Gasteiger partial charge in [0.25, 0.3) is 5.91 Å². The minimum Gasteiger partial charge on any atom is -0.348 e. The van der Waals surface area contributed by atoms with Crippen LogP contribution in [0.2, 0.25) is 0 Å². The number of aryl methyl sites for hydroxylation is 2. The van der Waals surface area contributed by atoms with E-state index in [4.69, 9.17) is 0 Å². The first-order valence-electron chi connectivity index (χ1n) is 5.87. The summed E-state index contributed by atoms with van der Waals surface area (Å²) in [4.78, 5) is 12.0. The molecule has 0 aromatic carbocycles. The summed E-state index contributed by atoms with van der Waals surface area (Å²) in [6.45, 7) is 6.21. The standard InChI is InChI=1S/C12H18N4O/c1-8-11(9(2)16-15-8)12(17)14-7-10-3-5-13-6-4-10/h3,13H,4-7H2,1-2H3,(H,14,17)(H,15,16). The van der Waals surface area contributed by atoms with Gasteiger partial charge in [0.15, 0.2) is 0 Å². The summed E-state index contributed by atoms with van der Waals surface area (Å²) in [5.41, 5.74) is 3.52. The van der Waals surface area contributed by atoms with Gasteiger partial charge in [-0.15, -0.1) is 0 Å². The lowest BCUT2D eigenvalue weighted by atomic mass is 10.1. The number of nitrogens with zero attached hydrogens (tertiary/aromatic N) is 1. The molecular weight excluding hydrogens is 216 g/mol. The molecule has 1 aliphatic rings. The van der Waals surface area contributed by atoms with Crippen molar-refractivity contribution >= 4 is 5.91 Å². The van der Waals surface area contributed by atoms with Crippen molar-refractivity contribution in [3.8, 4) is 0 Å². The van der Waals surface area contributed by atoms with E-state index in [0.29, 0.717) is 12.1 Å². The monoisotopic (exact) mass is 234 g/mol. The highest BCUT2D eigenvalue weighted by Crippen LogP contribution is 2.09. The molecule has 0 radical (unpaired) electrons. The number of carbonyl (C=O) groups is 1. The van der Waals surface area contributed by atoms with Crippen LogP contribution in [0.5, 0.6) is 0 Å². The van der Waals surface area contributed by atoms with E-state index in [1.54, 1.807) is 0 Å². The van der Waals surface area contributed by atoms with Crippen LogP contribution in [0.4, 0.5) is 0 Å². The predicted molar refractivity (Wildman–Crippen MR) is 66.0 cm³/mol. The average Bonchev–Trinajstić information content (AvgIpc) is 2.67. The molecule has 0 saturated carbocycles. The lowest BCUT2D eigenvalue weighted by Crippen LogP contribution is -2.30. The van der Waals surface area contributed by atoms with E-state index in [2.05, 4.69) is 26.9 Å². The molecule has 3 N–H and O–H groups in total. The Morgan fingerprint density at radius 1 is 1.53 bits per heavy atom. The van der Waals surface area contributed by atoms with Gasteiger partial charge in [0.05, 0.1) is 11.3 Å². The van der Waals surface area contributed by atoms with Crippen molar-refractivity contribution < 1.29 is 4.79 Å². The molecule has 5 heteroatoms. The Morgan fingerprint density at radius 3 is 2.94 bits per heavy atom. The highest BCUT2D eigenvalue weighted by molar-refractivity contribution is 5.96. The SMILES string of the molecule is Cc1n[nH]c(C)c1C(=O)NCC1=CCNCC1. The summed E-state index contributed by atoms with van der Waals surface area (Å²) in [7, 11) is 0. The number of aromatic amines is 1. The van der Waals surface area contributed by atoms with Gasteiger partial charge in [-0.2, -0.15) is 5.10 Å². The minimum absolute atomic E-state index is 0.0480. The second kappa shape index (κ2) is 5.14. The average molecular weight is 234 g/mol. The molecule has 0 bridgehead atoms. The summed E-state index contributed by atoms with van der Waals surface area (Å²) < 4.78 is 0. The Balaban J connectivity index is 1.96. The minimum atomic E-state index is -0.0480. The van der Waals surface area contributed by atoms with Gasteiger partial charge in [0.1, 0.15) is 0 Å². The molecule has 1 aromatic heterocycles. The number of hydrogen-bond acceptors (Lipinski definition) is 3. The Bertz CT molecular complexity index is 428. The predicted octanol–water partition coefficient (Wildman–Crippen LogP) is 0.676. The fraction of sp³-hybridized carbons (Fsp3) is 0.500. The maximum Gasteiger partial charge on any atom is 0.255 e. The third-order valence-corrected chi connectivity index (χ3v) is 2.99. The third-order valence-electron chi connectivity index (χ3n) is 2.99. The van der Waals surface area contributed by atoms with E-state index < -0.39 is 0 Å². The third kappa shape index (κ3) is 2.74. The van der Waals surface area contributed by atoms with Crippen molar-refractivity contribution in [2.45, 2.75) is 20.3 Å². The number of nitrogens with one attached hydrogen (secondary N) is 3. The van der Waals surface area contributed by atoms with Crippen LogP contribution in [0.3, 0.4) is 0 Å². The quantitative estimate of drug-likeness (QED) is 0.673. The van der Waals surface area contributed by atoms with E-state index in [1.807, 2.05) is 13.8 Å². The highest BCUT2D eigenvalue weighted by Gasteiger charge is 2.15. The Hall–Kier alpha value is -1.62. The van der Waals surface area contributed by atoms with Gasteiger partial charge in [0, 0.05) is 18.8 Å². The van der Waals surface area contributed by atoms with Gasteiger partial charge in [-0.3, -0.25) is 9.89 Å². The molecule has 0 aliphatic carbocycles. The van der Waals surface area contributed by atoms with Crippen LogP contribution in [-0.2, 0) is 0 Å². The van der Waals surface area contributed by atoms with E-state index in [-0.39, 0.29) is 5.91 Å². The molecule has 0 saturated heterocycles. The number of H-pyrrole nitrogens is 1. The van der Waals surface area contributed by atoms with Crippen LogP contribution in [0, 0.1) is 13.8 Å². The first-order chi connectivity index (χ1) is 8.18. The lowest BCUT2D eigenvalue weighted by molar-refractivity contribution is 0.0955. The fourth-order valence-corrected chi connectivity index (χ4v) is 2.00. The molecule has 0 spiro atoms. The molecule has 2 rings (SSSR count). The zero-order chi connectivity index (χ0) is 12.3. The molecule has 17 heavy (non-hydrogen) atoms. The fourth-order valence-electron chi connectivity index (χ4n) is 2.00. The molecule has 2 heterocycles. The van der Waals surface area contributed by atoms with Crippen LogP contribution in [0.15, 0.2) is 11.6 Å². The van der Waals surface area contributed by atoms with Gasteiger partial charge in [-0.05, 0) is 26.8 Å². The number of carbonyl (C=O) groups excluding carboxylic acids is 1. The normalized spacial score (nSPS) is 15.5. The van der Waals surface area contributed by atoms with Crippen LogP contribution in [0.1, 0.15) is 28.2 Å². The van der Waals surface area contributed by atoms with E-state index in [0.717, 1.165) is 30.9 Å². The zero-order valence-corrected chi connectivity index (χ0v) is 10.3. The van der Waals surface area contributed by atoms with Crippen LogP contribution >= 0.6 is 0 Å². The molecule has 1 aliphatic heterocycles. The molecule has 5 nitrogen and oxygen atoms in total. The summed E-state index contributed by atoms with van der Waals surface area (Å²) >= 11 is 0. The summed E-state index contributed by atoms with van der Waals surface area (Å²) in [5.74, 6) is -0.0480. The van der Waals surface area contributed by atoms with Crippen molar-refractivity contribution in [2.24, 2.45) is 0 Å². The Kier molecular flexibility index (Phi) is 3.58. The van der Waals surface area contributed by atoms with Gasteiger partial charge >= 0.3 is 0 Å². The number of amides is 1. The van der Waals surface area contributed by atoms with Crippen molar-refractivity contribution in [1.82, 2.24) is 20.8 Å². The van der Waals surface area contributed by atoms with Crippen molar-refractivity contribution in [1.29, 1.82) is 0 Å².